The van der Waals surface area contributed by atoms with Crippen LogP contribution in [-0.4, -0.2) is 19.6 Å². The topological polar surface area (TPSA) is 70.5 Å². The first-order valence-electron chi connectivity index (χ1n) is 5.42. The molecule has 0 radical (unpaired) electrons. The molecule has 2 heterocycles. The van der Waals surface area contributed by atoms with Gasteiger partial charge in [0.25, 0.3) is 5.52 Å². The molecule has 0 saturated carbocycles. The lowest BCUT2D eigenvalue weighted by atomic mass is 10.2. The normalized spacial score (nSPS) is 11.9. The van der Waals surface area contributed by atoms with Gasteiger partial charge in [0.15, 0.2) is 0 Å². The van der Waals surface area contributed by atoms with Gasteiger partial charge in [-0.2, -0.15) is 13.2 Å². The standard InChI is InChI=1S/C11H6F3N5O/c12-11(13,14)7-1-2-8-9(5-7)19(20)17-10(16-8)18-4-3-15-6-18/h1-6H. The van der Waals surface area contributed by atoms with Gasteiger partial charge in [0.2, 0.25) is 0 Å². The lowest BCUT2D eigenvalue weighted by molar-refractivity contribution is -0.642. The second-order valence-corrected chi connectivity index (χ2v) is 3.96. The number of fused-ring (bicyclic) bond motifs is 1. The van der Waals surface area contributed by atoms with Crippen LogP contribution < -0.4 is 4.85 Å². The SMILES string of the molecule is [O-][n+]1nc(-n2ccnc2)nc2ccc(C(F)(F)F)cc21. The highest BCUT2D eigenvalue weighted by molar-refractivity contribution is 5.72. The van der Waals surface area contributed by atoms with E-state index in [1.807, 2.05) is 0 Å². The fourth-order valence-electron chi connectivity index (χ4n) is 1.70. The number of nitrogens with zero attached hydrogens (tertiary/aromatic N) is 5. The van der Waals surface area contributed by atoms with Gasteiger partial charge in [-0.3, -0.25) is 4.57 Å². The number of benzene rings is 1. The van der Waals surface area contributed by atoms with Gasteiger partial charge in [0.1, 0.15) is 11.8 Å². The van der Waals surface area contributed by atoms with Crippen LogP contribution in [-0.2, 0) is 6.18 Å². The van der Waals surface area contributed by atoms with Crippen molar-refractivity contribution in [2.45, 2.75) is 6.18 Å². The number of rotatable bonds is 1. The molecule has 0 aliphatic rings. The van der Waals surface area contributed by atoms with Crippen LogP contribution in [0.25, 0.3) is 17.0 Å². The molecule has 0 saturated heterocycles. The van der Waals surface area contributed by atoms with E-state index in [9.17, 15) is 18.4 Å². The van der Waals surface area contributed by atoms with E-state index < -0.39 is 11.7 Å². The van der Waals surface area contributed by atoms with Gasteiger partial charge in [-0.05, 0) is 17.0 Å². The first kappa shape index (κ1) is 12.3. The summed E-state index contributed by atoms with van der Waals surface area (Å²) in [4.78, 5) is 7.92. The van der Waals surface area contributed by atoms with Gasteiger partial charge >= 0.3 is 12.1 Å². The molecule has 20 heavy (non-hydrogen) atoms. The van der Waals surface area contributed by atoms with Crippen molar-refractivity contribution in [3.05, 3.63) is 47.7 Å². The van der Waals surface area contributed by atoms with Gasteiger partial charge in [-0.15, -0.1) is 0 Å². The Morgan fingerprint density at radius 3 is 2.70 bits per heavy atom. The Hall–Kier alpha value is -2.71. The van der Waals surface area contributed by atoms with Crippen molar-refractivity contribution < 1.29 is 18.0 Å². The van der Waals surface area contributed by atoms with Gasteiger partial charge < -0.3 is 5.21 Å². The van der Waals surface area contributed by atoms with E-state index in [0.717, 1.165) is 18.2 Å². The number of hydrogen-bond acceptors (Lipinski definition) is 4. The van der Waals surface area contributed by atoms with E-state index >= 15 is 0 Å². The highest BCUT2D eigenvalue weighted by atomic mass is 19.4. The Bertz CT molecular complexity index is 770. The van der Waals surface area contributed by atoms with E-state index in [4.69, 9.17) is 0 Å². The van der Waals surface area contributed by atoms with Gasteiger partial charge in [-0.1, -0.05) is 0 Å². The molecule has 0 spiro atoms. The number of imidazole rings is 1. The largest absolute Gasteiger partial charge is 0.594 e. The van der Waals surface area contributed by atoms with Crippen molar-refractivity contribution in [1.29, 1.82) is 0 Å². The minimum atomic E-state index is -4.52. The van der Waals surface area contributed by atoms with Crippen molar-refractivity contribution in [3.63, 3.8) is 0 Å². The van der Waals surface area contributed by atoms with E-state index in [1.54, 1.807) is 0 Å². The van der Waals surface area contributed by atoms with Crippen LogP contribution in [0.5, 0.6) is 0 Å². The maximum absolute atomic E-state index is 12.6. The van der Waals surface area contributed by atoms with Crippen molar-refractivity contribution in [2.24, 2.45) is 0 Å². The van der Waals surface area contributed by atoms with E-state index in [1.165, 1.54) is 23.3 Å². The fourth-order valence-corrected chi connectivity index (χ4v) is 1.70. The molecule has 0 fully saturated rings. The third-order valence-corrected chi connectivity index (χ3v) is 2.64. The second kappa shape index (κ2) is 4.15. The van der Waals surface area contributed by atoms with E-state index in [-0.39, 0.29) is 21.8 Å². The number of alkyl halides is 3. The molecule has 3 aromatic rings. The molecule has 6 nitrogen and oxygen atoms in total. The van der Waals surface area contributed by atoms with Crippen LogP contribution in [0.4, 0.5) is 13.2 Å². The summed E-state index contributed by atoms with van der Waals surface area (Å²) in [5.74, 6) is 0.0322. The first-order valence-corrected chi connectivity index (χ1v) is 5.42. The van der Waals surface area contributed by atoms with Crippen molar-refractivity contribution >= 4 is 11.0 Å². The monoisotopic (exact) mass is 281 g/mol. The summed E-state index contributed by atoms with van der Waals surface area (Å²) < 4.78 is 39.1. The lowest BCUT2D eigenvalue weighted by Crippen LogP contribution is -2.34. The van der Waals surface area contributed by atoms with Crippen LogP contribution in [0.1, 0.15) is 5.56 Å². The molecule has 0 aliphatic carbocycles. The summed E-state index contributed by atoms with van der Waals surface area (Å²) in [7, 11) is 0. The van der Waals surface area contributed by atoms with Gasteiger partial charge in [-0.25, -0.2) is 9.97 Å². The van der Waals surface area contributed by atoms with Gasteiger partial charge in [0, 0.05) is 18.5 Å². The Balaban J connectivity index is 2.20. The smallest absolute Gasteiger partial charge is 0.416 e. The summed E-state index contributed by atoms with van der Waals surface area (Å²) in [5, 5.41) is 15.3. The summed E-state index contributed by atoms with van der Waals surface area (Å²) in [6.07, 6.45) is -0.157. The van der Waals surface area contributed by atoms with E-state index in [0.29, 0.717) is 0 Å². The second-order valence-electron chi connectivity index (χ2n) is 3.96. The van der Waals surface area contributed by atoms with Gasteiger partial charge in [0.05, 0.1) is 10.7 Å². The Morgan fingerprint density at radius 2 is 2.05 bits per heavy atom. The van der Waals surface area contributed by atoms with Crippen molar-refractivity contribution in [2.75, 3.05) is 0 Å². The highest BCUT2D eigenvalue weighted by Gasteiger charge is 2.32. The van der Waals surface area contributed by atoms with Crippen LogP contribution >= 0.6 is 0 Å². The molecule has 102 valence electrons. The molecule has 0 aliphatic heterocycles. The number of hydrogen-bond donors (Lipinski definition) is 0. The van der Waals surface area contributed by atoms with E-state index in [2.05, 4.69) is 15.1 Å². The molecule has 3 rings (SSSR count). The minimum absolute atomic E-state index is 0.0322. The third kappa shape index (κ3) is 2.02. The summed E-state index contributed by atoms with van der Waals surface area (Å²) >= 11 is 0. The molecule has 0 unspecified atom stereocenters. The zero-order chi connectivity index (χ0) is 14.3. The maximum atomic E-state index is 12.6. The summed E-state index contributed by atoms with van der Waals surface area (Å²) in [6.45, 7) is 0. The predicted molar refractivity (Wildman–Crippen MR) is 60.6 cm³/mol. The van der Waals surface area contributed by atoms with Crippen molar-refractivity contribution in [1.82, 2.24) is 19.6 Å². The summed E-state index contributed by atoms with van der Waals surface area (Å²) in [5.41, 5.74) is -1.05. The van der Waals surface area contributed by atoms with Crippen LogP contribution in [0.15, 0.2) is 36.9 Å². The Labute approximate surface area is 109 Å². The highest BCUT2D eigenvalue weighted by Crippen LogP contribution is 2.30. The fraction of sp³-hybridized carbons (Fsp3) is 0.0909. The third-order valence-electron chi connectivity index (χ3n) is 2.64. The molecular weight excluding hydrogens is 275 g/mol. The lowest BCUT2D eigenvalue weighted by Gasteiger charge is -2.07. The number of halogens is 3. The molecule has 2 aromatic heterocycles. The quantitative estimate of drug-likeness (QED) is 0.500. The maximum Gasteiger partial charge on any atom is 0.416 e. The number of aromatic nitrogens is 5. The molecule has 0 amide bonds. The molecule has 1 aromatic carbocycles. The average molecular weight is 281 g/mol. The summed E-state index contributed by atoms with van der Waals surface area (Å²) in [6, 6.07) is 2.72. The predicted octanol–water partition coefficient (Wildman–Crippen LogP) is 1.47. The van der Waals surface area contributed by atoms with Crippen LogP contribution in [0, 0.1) is 5.21 Å². The van der Waals surface area contributed by atoms with Crippen molar-refractivity contribution in [3.8, 4) is 5.95 Å². The molecule has 0 N–H and O–H groups in total. The zero-order valence-corrected chi connectivity index (χ0v) is 9.74. The first-order chi connectivity index (χ1) is 9.45. The van der Waals surface area contributed by atoms with Crippen LogP contribution in [0.2, 0.25) is 0 Å². The molecular formula is C11H6F3N5O. The molecule has 9 heteroatoms. The average Bonchev–Trinajstić information content (AvgIpc) is 2.91. The minimum Gasteiger partial charge on any atom is -0.594 e. The Morgan fingerprint density at radius 1 is 1.25 bits per heavy atom. The Kier molecular flexibility index (Phi) is 2.56. The molecule has 0 bridgehead atoms. The van der Waals surface area contributed by atoms with Crippen LogP contribution in [0.3, 0.4) is 0 Å². The zero-order valence-electron chi connectivity index (χ0n) is 9.74. The molecule has 0 atom stereocenters.